The minimum atomic E-state index is -0.279. The second-order valence-electron chi connectivity index (χ2n) is 6.36. The first-order valence-corrected chi connectivity index (χ1v) is 9.02. The van der Waals surface area contributed by atoms with Crippen LogP contribution in [-0.2, 0) is 0 Å². The molecule has 0 aromatic heterocycles. The Labute approximate surface area is 169 Å². The van der Waals surface area contributed by atoms with E-state index >= 15 is 0 Å². The van der Waals surface area contributed by atoms with Gasteiger partial charge in [0, 0.05) is 11.1 Å². The summed E-state index contributed by atoms with van der Waals surface area (Å²) in [5.74, 6) is 0.787. The molecule has 3 rings (SSSR count). The first kappa shape index (κ1) is 19.9. The van der Waals surface area contributed by atoms with Crippen molar-refractivity contribution in [2.24, 2.45) is 0 Å². The van der Waals surface area contributed by atoms with Gasteiger partial charge in [-0.15, -0.1) is 0 Å². The zero-order valence-electron chi connectivity index (χ0n) is 16.5. The molecule has 6 nitrogen and oxygen atoms in total. The second-order valence-corrected chi connectivity index (χ2v) is 6.36. The maximum absolute atomic E-state index is 12.7. The number of ether oxygens (including phenoxy) is 2. The molecular weight excluding hydrogens is 368 g/mol. The van der Waals surface area contributed by atoms with Gasteiger partial charge in [-0.2, -0.15) is 0 Å². The average Bonchev–Trinajstić information content (AvgIpc) is 2.76. The maximum atomic E-state index is 12.7. The highest BCUT2D eigenvalue weighted by Gasteiger charge is 2.14. The number of amides is 2. The van der Waals surface area contributed by atoms with Crippen LogP contribution >= 0.6 is 0 Å². The van der Waals surface area contributed by atoms with Crippen LogP contribution < -0.4 is 20.1 Å². The van der Waals surface area contributed by atoms with Crippen LogP contribution in [0.1, 0.15) is 26.3 Å². The van der Waals surface area contributed by atoms with E-state index in [1.165, 1.54) is 0 Å². The lowest BCUT2D eigenvalue weighted by Crippen LogP contribution is -2.17. The highest BCUT2D eigenvalue weighted by atomic mass is 16.5. The van der Waals surface area contributed by atoms with Gasteiger partial charge in [0.1, 0.15) is 11.5 Å². The molecule has 6 heteroatoms. The molecule has 0 atom stereocenters. The van der Waals surface area contributed by atoms with Gasteiger partial charge in [-0.05, 0) is 67.1 Å². The van der Waals surface area contributed by atoms with Crippen LogP contribution in [0.25, 0.3) is 0 Å². The lowest BCUT2D eigenvalue weighted by atomic mass is 10.1. The predicted octanol–water partition coefficient (Wildman–Crippen LogP) is 4.52. The first-order valence-electron chi connectivity index (χ1n) is 9.02. The third-order valence-electron chi connectivity index (χ3n) is 4.46. The third-order valence-corrected chi connectivity index (χ3v) is 4.46. The molecule has 0 heterocycles. The van der Waals surface area contributed by atoms with Crippen LogP contribution in [0, 0.1) is 6.92 Å². The maximum Gasteiger partial charge on any atom is 0.255 e. The first-order chi connectivity index (χ1) is 14.0. The molecule has 0 saturated carbocycles. The SMILES string of the molecule is COc1ccc(C(=O)Nc2cccc(C)c2NC(=O)c2ccc(OC)cc2)cc1. The van der Waals surface area contributed by atoms with Gasteiger partial charge in [0.05, 0.1) is 25.6 Å². The number of carbonyl (C=O) groups excluding carboxylic acids is 2. The Morgan fingerprint density at radius 2 is 1.17 bits per heavy atom. The Morgan fingerprint density at radius 3 is 1.66 bits per heavy atom. The molecule has 2 amide bonds. The van der Waals surface area contributed by atoms with Crippen molar-refractivity contribution in [3.05, 3.63) is 83.4 Å². The molecule has 0 aliphatic carbocycles. The van der Waals surface area contributed by atoms with Crippen molar-refractivity contribution in [2.45, 2.75) is 6.92 Å². The summed E-state index contributed by atoms with van der Waals surface area (Å²) in [6.45, 7) is 1.87. The van der Waals surface area contributed by atoms with E-state index in [2.05, 4.69) is 10.6 Å². The van der Waals surface area contributed by atoms with Gasteiger partial charge in [-0.1, -0.05) is 12.1 Å². The number of rotatable bonds is 6. The summed E-state index contributed by atoms with van der Waals surface area (Å²) in [6.07, 6.45) is 0. The Bertz CT molecular complexity index is 1010. The van der Waals surface area contributed by atoms with Crippen molar-refractivity contribution in [1.82, 2.24) is 0 Å². The van der Waals surface area contributed by atoms with E-state index < -0.39 is 0 Å². The molecule has 0 aliphatic heterocycles. The van der Waals surface area contributed by atoms with Crippen LogP contribution in [0.4, 0.5) is 11.4 Å². The topological polar surface area (TPSA) is 76.7 Å². The summed E-state index contributed by atoms with van der Waals surface area (Å²) < 4.78 is 10.2. The van der Waals surface area contributed by atoms with Crippen LogP contribution in [0.5, 0.6) is 11.5 Å². The van der Waals surface area contributed by atoms with Crippen molar-refractivity contribution >= 4 is 23.2 Å². The summed E-state index contributed by atoms with van der Waals surface area (Å²) in [5, 5.41) is 5.76. The Kier molecular flexibility index (Phi) is 6.14. The van der Waals surface area contributed by atoms with Gasteiger partial charge >= 0.3 is 0 Å². The van der Waals surface area contributed by atoms with E-state index in [4.69, 9.17) is 9.47 Å². The van der Waals surface area contributed by atoms with Crippen molar-refractivity contribution in [1.29, 1.82) is 0 Å². The molecule has 0 unspecified atom stereocenters. The molecule has 148 valence electrons. The molecule has 0 saturated heterocycles. The Morgan fingerprint density at radius 1 is 0.690 bits per heavy atom. The molecule has 0 aliphatic rings. The number of methoxy groups -OCH3 is 2. The standard InChI is InChI=1S/C23H22N2O4/c1-15-5-4-6-20(24-22(26)16-7-11-18(28-2)12-8-16)21(15)25-23(27)17-9-13-19(29-3)14-10-17/h4-14H,1-3H3,(H,24,26)(H,25,27). The van der Waals surface area contributed by atoms with E-state index in [9.17, 15) is 9.59 Å². The number of nitrogens with one attached hydrogen (secondary N) is 2. The third kappa shape index (κ3) is 4.73. The fourth-order valence-corrected chi connectivity index (χ4v) is 2.80. The van der Waals surface area contributed by atoms with E-state index in [1.807, 2.05) is 19.1 Å². The number of hydrogen-bond donors (Lipinski definition) is 2. The number of carbonyl (C=O) groups is 2. The van der Waals surface area contributed by atoms with Gasteiger partial charge in [0.15, 0.2) is 0 Å². The molecular formula is C23H22N2O4. The second kappa shape index (κ2) is 8.93. The molecule has 29 heavy (non-hydrogen) atoms. The number of benzene rings is 3. The highest BCUT2D eigenvalue weighted by molar-refractivity contribution is 6.10. The van der Waals surface area contributed by atoms with Crippen LogP contribution in [-0.4, -0.2) is 26.0 Å². The average molecular weight is 390 g/mol. The largest absolute Gasteiger partial charge is 0.497 e. The normalized spacial score (nSPS) is 10.2. The molecule has 0 radical (unpaired) electrons. The summed E-state index contributed by atoms with van der Waals surface area (Å²) in [7, 11) is 3.14. The van der Waals surface area contributed by atoms with Crippen molar-refractivity contribution in [3.8, 4) is 11.5 Å². The Hall–Kier alpha value is -3.80. The summed E-state index contributed by atoms with van der Waals surface area (Å²) >= 11 is 0. The van der Waals surface area contributed by atoms with E-state index in [0.717, 1.165) is 5.56 Å². The lowest BCUT2D eigenvalue weighted by Gasteiger charge is -2.15. The fraction of sp³-hybridized carbons (Fsp3) is 0.130. The summed E-state index contributed by atoms with van der Waals surface area (Å²) in [4.78, 5) is 25.3. The van der Waals surface area contributed by atoms with Crippen molar-refractivity contribution < 1.29 is 19.1 Å². The van der Waals surface area contributed by atoms with Crippen LogP contribution in [0.3, 0.4) is 0 Å². The quantitative estimate of drug-likeness (QED) is 0.649. The molecule has 3 aromatic carbocycles. The fourth-order valence-electron chi connectivity index (χ4n) is 2.80. The smallest absolute Gasteiger partial charge is 0.255 e. The minimum Gasteiger partial charge on any atom is -0.497 e. The predicted molar refractivity (Wildman–Crippen MR) is 113 cm³/mol. The molecule has 0 spiro atoms. The van der Waals surface area contributed by atoms with Gasteiger partial charge < -0.3 is 20.1 Å². The highest BCUT2D eigenvalue weighted by Crippen LogP contribution is 2.27. The molecule has 2 N–H and O–H groups in total. The number of hydrogen-bond acceptors (Lipinski definition) is 4. The van der Waals surface area contributed by atoms with Gasteiger partial charge in [-0.3, -0.25) is 9.59 Å². The van der Waals surface area contributed by atoms with Crippen LogP contribution in [0.15, 0.2) is 66.7 Å². The van der Waals surface area contributed by atoms with Crippen LogP contribution in [0.2, 0.25) is 0 Å². The van der Waals surface area contributed by atoms with Crippen molar-refractivity contribution in [3.63, 3.8) is 0 Å². The van der Waals surface area contributed by atoms with Crippen molar-refractivity contribution in [2.75, 3.05) is 24.9 Å². The van der Waals surface area contributed by atoms with E-state index in [0.29, 0.717) is 34.0 Å². The molecule has 0 fully saturated rings. The van der Waals surface area contributed by atoms with E-state index in [-0.39, 0.29) is 11.8 Å². The summed E-state index contributed by atoms with van der Waals surface area (Å²) in [5.41, 5.74) is 2.88. The number of aryl methyl sites for hydroxylation is 1. The molecule has 3 aromatic rings. The number of anilines is 2. The van der Waals surface area contributed by atoms with Gasteiger partial charge in [-0.25, -0.2) is 0 Å². The monoisotopic (exact) mass is 390 g/mol. The Balaban J connectivity index is 1.80. The zero-order valence-corrected chi connectivity index (χ0v) is 16.5. The number of para-hydroxylation sites is 1. The van der Waals surface area contributed by atoms with E-state index in [1.54, 1.807) is 68.8 Å². The van der Waals surface area contributed by atoms with Gasteiger partial charge in [0.2, 0.25) is 0 Å². The zero-order chi connectivity index (χ0) is 20.8. The molecule has 0 bridgehead atoms. The summed E-state index contributed by atoms with van der Waals surface area (Å²) in [6, 6.07) is 19.0. The minimum absolute atomic E-state index is 0.276. The van der Waals surface area contributed by atoms with Gasteiger partial charge in [0.25, 0.3) is 11.8 Å². The lowest BCUT2D eigenvalue weighted by molar-refractivity contribution is 0.101.